The van der Waals surface area contributed by atoms with Crippen LogP contribution in [0.25, 0.3) is 0 Å². The average Bonchev–Trinajstić information content (AvgIpc) is 2.69. The molecule has 11 heteroatoms. The van der Waals surface area contributed by atoms with Crippen LogP contribution in [0, 0.1) is 11.7 Å². The number of amides is 1. The van der Waals surface area contributed by atoms with Crippen molar-refractivity contribution in [1.82, 2.24) is 4.31 Å². The van der Waals surface area contributed by atoms with Crippen LogP contribution < -0.4 is 5.32 Å². The highest BCUT2D eigenvalue weighted by Gasteiger charge is 2.34. The van der Waals surface area contributed by atoms with Crippen molar-refractivity contribution in [2.75, 3.05) is 18.4 Å². The van der Waals surface area contributed by atoms with Crippen LogP contribution in [0.5, 0.6) is 0 Å². The molecule has 0 spiro atoms. The molecule has 30 heavy (non-hydrogen) atoms. The summed E-state index contributed by atoms with van der Waals surface area (Å²) >= 11 is 5.57. The third-order valence-corrected chi connectivity index (χ3v) is 7.06. The molecule has 0 bridgehead atoms. The molecule has 1 aliphatic heterocycles. The number of piperidine rings is 1. The summed E-state index contributed by atoms with van der Waals surface area (Å²) in [7, 11) is -3.82. The van der Waals surface area contributed by atoms with Crippen LogP contribution in [-0.2, 0) is 21.0 Å². The standard InChI is InChI=1S/C19H17ClF4N2O3S/c20-17-6-3-14(11-16(17)19(22,23)24)25-18(27)12-7-9-26(10-8-12)30(28,29)15-4-1-13(21)2-5-15/h1-6,11-12H,7-10H2,(H,25,27). The minimum Gasteiger partial charge on any atom is -0.326 e. The van der Waals surface area contributed by atoms with E-state index in [1.807, 2.05) is 0 Å². The molecule has 1 aliphatic rings. The number of benzene rings is 2. The molecular formula is C19H17ClF4N2O3S. The van der Waals surface area contributed by atoms with Crippen molar-refractivity contribution in [2.45, 2.75) is 23.9 Å². The highest BCUT2D eigenvalue weighted by Crippen LogP contribution is 2.36. The van der Waals surface area contributed by atoms with Crippen LogP contribution in [0.2, 0.25) is 5.02 Å². The fourth-order valence-corrected chi connectivity index (χ4v) is 4.87. The van der Waals surface area contributed by atoms with E-state index in [0.717, 1.165) is 24.3 Å². The summed E-state index contributed by atoms with van der Waals surface area (Å²) in [5.41, 5.74) is -1.10. The average molecular weight is 465 g/mol. The monoisotopic (exact) mass is 464 g/mol. The lowest BCUT2D eigenvalue weighted by atomic mass is 9.97. The quantitative estimate of drug-likeness (QED) is 0.676. The maximum Gasteiger partial charge on any atom is 0.417 e. The Hall–Kier alpha value is -2.17. The van der Waals surface area contributed by atoms with Gasteiger partial charge in [-0.15, -0.1) is 0 Å². The highest BCUT2D eigenvalue weighted by atomic mass is 35.5. The number of halogens is 5. The summed E-state index contributed by atoms with van der Waals surface area (Å²) in [6.45, 7) is 0.123. The summed E-state index contributed by atoms with van der Waals surface area (Å²) < 4.78 is 78.3. The largest absolute Gasteiger partial charge is 0.417 e. The van der Waals surface area contributed by atoms with Crippen LogP contribution >= 0.6 is 11.6 Å². The third-order valence-electron chi connectivity index (χ3n) is 4.82. The molecule has 1 fully saturated rings. The van der Waals surface area contributed by atoms with E-state index in [2.05, 4.69) is 5.32 Å². The lowest BCUT2D eigenvalue weighted by Crippen LogP contribution is -2.41. The summed E-state index contributed by atoms with van der Waals surface area (Å²) in [5.74, 6) is -1.61. The van der Waals surface area contributed by atoms with Gasteiger partial charge in [0, 0.05) is 24.7 Å². The molecule has 1 amide bonds. The van der Waals surface area contributed by atoms with E-state index in [4.69, 9.17) is 11.6 Å². The van der Waals surface area contributed by atoms with Crippen molar-refractivity contribution in [3.63, 3.8) is 0 Å². The molecule has 0 unspecified atom stereocenters. The Morgan fingerprint density at radius 3 is 2.23 bits per heavy atom. The number of alkyl halides is 3. The number of hydrogen-bond donors (Lipinski definition) is 1. The Morgan fingerprint density at radius 2 is 1.67 bits per heavy atom. The number of hydrogen-bond acceptors (Lipinski definition) is 3. The zero-order chi connectivity index (χ0) is 22.1. The van der Waals surface area contributed by atoms with Gasteiger partial charge < -0.3 is 5.32 Å². The Labute approximate surface area is 175 Å². The lowest BCUT2D eigenvalue weighted by Gasteiger charge is -2.30. The molecule has 0 aliphatic carbocycles. The maximum absolute atomic E-state index is 13.0. The van der Waals surface area contributed by atoms with E-state index < -0.39 is 44.4 Å². The topological polar surface area (TPSA) is 66.5 Å². The zero-order valence-corrected chi connectivity index (χ0v) is 17.0. The van der Waals surface area contributed by atoms with Gasteiger partial charge in [0.15, 0.2) is 0 Å². The van der Waals surface area contributed by atoms with Gasteiger partial charge in [0.05, 0.1) is 15.5 Å². The van der Waals surface area contributed by atoms with Gasteiger partial charge in [0.25, 0.3) is 0 Å². The van der Waals surface area contributed by atoms with E-state index in [1.54, 1.807) is 0 Å². The molecule has 0 atom stereocenters. The fourth-order valence-electron chi connectivity index (χ4n) is 3.18. The first-order valence-electron chi connectivity index (χ1n) is 8.92. The van der Waals surface area contributed by atoms with Crippen LogP contribution in [-0.4, -0.2) is 31.7 Å². The van der Waals surface area contributed by atoms with Gasteiger partial charge in [-0.3, -0.25) is 4.79 Å². The van der Waals surface area contributed by atoms with Crippen molar-refractivity contribution in [3.05, 3.63) is 58.9 Å². The molecule has 162 valence electrons. The van der Waals surface area contributed by atoms with E-state index in [1.165, 1.54) is 22.5 Å². The van der Waals surface area contributed by atoms with E-state index in [9.17, 15) is 30.8 Å². The van der Waals surface area contributed by atoms with Crippen molar-refractivity contribution in [1.29, 1.82) is 0 Å². The zero-order valence-electron chi connectivity index (χ0n) is 15.4. The van der Waals surface area contributed by atoms with Crippen LogP contribution in [0.1, 0.15) is 18.4 Å². The number of anilines is 1. The smallest absolute Gasteiger partial charge is 0.326 e. The van der Waals surface area contributed by atoms with Gasteiger partial charge in [-0.2, -0.15) is 17.5 Å². The van der Waals surface area contributed by atoms with Crippen LogP contribution in [0.4, 0.5) is 23.2 Å². The number of carbonyl (C=O) groups is 1. The minimum absolute atomic E-state index is 0.0434. The van der Waals surface area contributed by atoms with E-state index in [-0.39, 0.29) is 36.5 Å². The van der Waals surface area contributed by atoms with Gasteiger partial charge in [-0.25, -0.2) is 12.8 Å². The van der Waals surface area contributed by atoms with Gasteiger partial charge in [-0.05, 0) is 55.3 Å². The van der Waals surface area contributed by atoms with Crippen molar-refractivity contribution in [3.8, 4) is 0 Å². The van der Waals surface area contributed by atoms with Gasteiger partial charge in [0.2, 0.25) is 15.9 Å². The lowest BCUT2D eigenvalue weighted by molar-refractivity contribution is -0.137. The first-order chi connectivity index (χ1) is 14.0. The van der Waals surface area contributed by atoms with Crippen molar-refractivity contribution >= 4 is 33.2 Å². The van der Waals surface area contributed by atoms with E-state index >= 15 is 0 Å². The Morgan fingerprint density at radius 1 is 1.07 bits per heavy atom. The molecule has 1 N–H and O–H groups in total. The highest BCUT2D eigenvalue weighted by molar-refractivity contribution is 7.89. The molecule has 1 heterocycles. The Bertz CT molecular complexity index is 1030. The number of sulfonamides is 1. The first kappa shape index (κ1) is 22.5. The first-order valence-corrected chi connectivity index (χ1v) is 10.7. The number of nitrogens with one attached hydrogen (secondary N) is 1. The molecule has 5 nitrogen and oxygen atoms in total. The maximum atomic E-state index is 13.0. The number of rotatable bonds is 4. The summed E-state index contributed by atoms with van der Waals surface area (Å²) in [5, 5.41) is 1.96. The fraction of sp³-hybridized carbons (Fsp3) is 0.316. The molecule has 0 radical (unpaired) electrons. The van der Waals surface area contributed by atoms with Gasteiger partial charge in [0.1, 0.15) is 5.82 Å². The second kappa shape index (κ2) is 8.52. The van der Waals surface area contributed by atoms with Crippen LogP contribution in [0.3, 0.4) is 0 Å². The molecule has 2 aromatic carbocycles. The predicted octanol–water partition coefficient (Wildman–Crippen LogP) is 4.54. The Kier molecular flexibility index (Phi) is 6.40. The second-order valence-corrected chi connectivity index (χ2v) is 9.16. The number of nitrogens with zero attached hydrogens (tertiary/aromatic N) is 1. The SMILES string of the molecule is O=C(Nc1ccc(Cl)c(C(F)(F)F)c1)C1CCN(S(=O)(=O)c2ccc(F)cc2)CC1. The summed E-state index contributed by atoms with van der Waals surface area (Å²) in [6, 6.07) is 7.52. The van der Waals surface area contributed by atoms with E-state index in [0.29, 0.717) is 0 Å². The normalized spacial score (nSPS) is 16.4. The summed E-state index contributed by atoms with van der Waals surface area (Å²) in [4.78, 5) is 12.4. The molecule has 2 aromatic rings. The van der Waals surface area contributed by atoms with Crippen LogP contribution in [0.15, 0.2) is 47.4 Å². The molecule has 0 saturated carbocycles. The molecule has 3 rings (SSSR count). The number of carbonyl (C=O) groups excluding carboxylic acids is 1. The molecule has 0 aromatic heterocycles. The minimum atomic E-state index is -4.65. The predicted molar refractivity (Wildman–Crippen MR) is 103 cm³/mol. The van der Waals surface area contributed by atoms with Gasteiger partial charge >= 0.3 is 6.18 Å². The third kappa shape index (κ3) is 4.93. The van der Waals surface area contributed by atoms with Gasteiger partial charge in [-0.1, -0.05) is 11.6 Å². The summed E-state index contributed by atoms with van der Waals surface area (Å²) in [6.07, 6.45) is -4.25. The van der Waals surface area contributed by atoms with Crippen molar-refractivity contribution < 1.29 is 30.8 Å². The second-order valence-electron chi connectivity index (χ2n) is 6.81. The molecule has 1 saturated heterocycles. The van der Waals surface area contributed by atoms with Crippen molar-refractivity contribution in [2.24, 2.45) is 5.92 Å². The Balaban J connectivity index is 1.64. The molecular weight excluding hydrogens is 448 g/mol.